The molecular formula is C10H20O3. The fraction of sp³-hybridized carbons (Fsp3) is 0.900. The first-order valence-electron chi connectivity index (χ1n) is 4.86. The number of hydrogen-bond donors (Lipinski definition) is 0. The van der Waals surface area contributed by atoms with Gasteiger partial charge in [0, 0.05) is 6.61 Å². The van der Waals surface area contributed by atoms with Gasteiger partial charge in [-0.15, -0.1) is 0 Å². The van der Waals surface area contributed by atoms with Crippen molar-refractivity contribution in [2.75, 3.05) is 13.2 Å². The Morgan fingerprint density at radius 3 is 2.38 bits per heavy atom. The van der Waals surface area contributed by atoms with Crippen LogP contribution < -0.4 is 0 Å². The number of carbonyl (C=O) groups excluding carboxylic acids is 1. The minimum absolute atomic E-state index is 0.00245. The van der Waals surface area contributed by atoms with E-state index in [1.807, 2.05) is 27.7 Å². The minimum Gasteiger partial charge on any atom is -0.463 e. The van der Waals surface area contributed by atoms with Gasteiger partial charge < -0.3 is 9.47 Å². The van der Waals surface area contributed by atoms with Crippen LogP contribution in [0.25, 0.3) is 0 Å². The third kappa shape index (κ3) is 6.58. The van der Waals surface area contributed by atoms with Crippen LogP contribution in [0.4, 0.5) is 0 Å². The van der Waals surface area contributed by atoms with Crippen LogP contribution in [-0.4, -0.2) is 25.3 Å². The van der Waals surface area contributed by atoms with Crippen molar-refractivity contribution in [2.45, 2.75) is 40.2 Å². The molecule has 0 bridgehead atoms. The fourth-order valence-corrected chi connectivity index (χ4v) is 0.733. The van der Waals surface area contributed by atoms with Crippen molar-refractivity contribution in [3.05, 3.63) is 0 Å². The summed E-state index contributed by atoms with van der Waals surface area (Å²) in [5, 5.41) is 0. The van der Waals surface area contributed by atoms with Gasteiger partial charge >= 0.3 is 5.97 Å². The molecule has 0 N–H and O–H groups in total. The lowest BCUT2D eigenvalue weighted by Gasteiger charge is -2.13. The van der Waals surface area contributed by atoms with Gasteiger partial charge in [-0.05, 0) is 13.3 Å². The van der Waals surface area contributed by atoms with Crippen LogP contribution in [0.1, 0.15) is 34.1 Å². The largest absolute Gasteiger partial charge is 0.463 e. The maximum absolute atomic E-state index is 11.0. The van der Waals surface area contributed by atoms with Crippen molar-refractivity contribution in [3.63, 3.8) is 0 Å². The lowest BCUT2D eigenvalue weighted by molar-refractivity contribution is -0.151. The third-order valence-electron chi connectivity index (χ3n) is 1.54. The molecule has 0 saturated heterocycles. The molecule has 78 valence electrons. The summed E-state index contributed by atoms with van der Waals surface area (Å²) in [6.45, 7) is 8.67. The minimum atomic E-state index is -0.160. The van der Waals surface area contributed by atoms with Crippen molar-refractivity contribution in [1.29, 1.82) is 0 Å². The number of rotatable bonds is 6. The Hall–Kier alpha value is -0.570. The number of esters is 1. The monoisotopic (exact) mass is 188 g/mol. The van der Waals surface area contributed by atoms with E-state index < -0.39 is 0 Å². The molecule has 1 unspecified atom stereocenters. The van der Waals surface area contributed by atoms with Crippen molar-refractivity contribution < 1.29 is 14.3 Å². The standard InChI is InChI=1S/C10H20O3/c1-5-6-12-9(4)7-13-10(11)8(2)3/h8-9H,5-7H2,1-4H3. The zero-order valence-corrected chi connectivity index (χ0v) is 9.00. The molecule has 3 heteroatoms. The molecular weight excluding hydrogens is 168 g/mol. The van der Waals surface area contributed by atoms with Crippen molar-refractivity contribution in [1.82, 2.24) is 0 Å². The van der Waals surface area contributed by atoms with E-state index in [9.17, 15) is 4.79 Å². The highest BCUT2D eigenvalue weighted by molar-refractivity contribution is 5.71. The van der Waals surface area contributed by atoms with Crippen LogP contribution in [0.5, 0.6) is 0 Å². The molecule has 0 saturated carbocycles. The smallest absolute Gasteiger partial charge is 0.308 e. The van der Waals surface area contributed by atoms with Gasteiger partial charge in [-0.3, -0.25) is 4.79 Å². The fourth-order valence-electron chi connectivity index (χ4n) is 0.733. The van der Waals surface area contributed by atoms with E-state index in [0.717, 1.165) is 13.0 Å². The van der Waals surface area contributed by atoms with Crippen molar-refractivity contribution in [3.8, 4) is 0 Å². The lowest BCUT2D eigenvalue weighted by Crippen LogP contribution is -2.21. The molecule has 0 radical (unpaired) electrons. The van der Waals surface area contributed by atoms with Gasteiger partial charge in [-0.2, -0.15) is 0 Å². The molecule has 1 atom stereocenters. The first kappa shape index (κ1) is 12.4. The van der Waals surface area contributed by atoms with E-state index in [0.29, 0.717) is 6.61 Å². The Labute approximate surface area is 80.4 Å². The summed E-state index contributed by atoms with van der Waals surface area (Å²) >= 11 is 0. The molecule has 0 amide bonds. The van der Waals surface area contributed by atoms with Crippen LogP contribution in [-0.2, 0) is 14.3 Å². The molecule has 3 nitrogen and oxygen atoms in total. The lowest BCUT2D eigenvalue weighted by atomic mass is 10.2. The Bertz CT molecular complexity index is 143. The Morgan fingerprint density at radius 2 is 1.92 bits per heavy atom. The van der Waals surface area contributed by atoms with Gasteiger partial charge in [0.2, 0.25) is 0 Å². The average molecular weight is 188 g/mol. The number of hydrogen-bond acceptors (Lipinski definition) is 3. The summed E-state index contributed by atoms with van der Waals surface area (Å²) in [4.78, 5) is 11.0. The predicted molar refractivity (Wildman–Crippen MR) is 51.5 cm³/mol. The summed E-state index contributed by atoms with van der Waals surface area (Å²) in [6, 6.07) is 0. The predicted octanol–water partition coefficient (Wildman–Crippen LogP) is 2.00. The summed E-state index contributed by atoms with van der Waals surface area (Å²) < 4.78 is 10.3. The van der Waals surface area contributed by atoms with E-state index >= 15 is 0 Å². The van der Waals surface area contributed by atoms with E-state index in [4.69, 9.17) is 9.47 Å². The molecule has 0 aliphatic carbocycles. The highest BCUT2D eigenvalue weighted by atomic mass is 16.6. The normalized spacial score (nSPS) is 13.0. The second-order valence-electron chi connectivity index (χ2n) is 3.47. The molecule has 0 fully saturated rings. The highest BCUT2D eigenvalue weighted by Gasteiger charge is 2.10. The maximum atomic E-state index is 11.0. The van der Waals surface area contributed by atoms with Crippen LogP contribution in [0, 0.1) is 5.92 Å². The molecule has 0 aromatic carbocycles. The van der Waals surface area contributed by atoms with E-state index in [1.54, 1.807) is 0 Å². The topological polar surface area (TPSA) is 35.5 Å². The van der Waals surface area contributed by atoms with Gasteiger partial charge in [0.25, 0.3) is 0 Å². The first-order chi connectivity index (χ1) is 6.07. The molecule has 0 aromatic heterocycles. The molecule has 0 spiro atoms. The second kappa shape index (κ2) is 6.89. The molecule has 0 aliphatic rings. The summed E-state index contributed by atoms with van der Waals surface area (Å²) in [6.07, 6.45) is 0.991. The van der Waals surface area contributed by atoms with Crippen molar-refractivity contribution in [2.24, 2.45) is 5.92 Å². The van der Waals surface area contributed by atoms with Crippen LogP contribution in [0.3, 0.4) is 0 Å². The van der Waals surface area contributed by atoms with Crippen molar-refractivity contribution >= 4 is 5.97 Å². The molecule has 0 heterocycles. The van der Waals surface area contributed by atoms with Gasteiger partial charge in [0.1, 0.15) is 6.61 Å². The molecule has 0 aliphatic heterocycles. The molecule has 13 heavy (non-hydrogen) atoms. The Morgan fingerprint density at radius 1 is 1.31 bits per heavy atom. The quantitative estimate of drug-likeness (QED) is 0.598. The number of ether oxygens (including phenoxy) is 2. The van der Waals surface area contributed by atoms with Gasteiger partial charge in [0.05, 0.1) is 12.0 Å². The summed E-state index contributed by atoms with van der Waals surface area (Å²) in [5.41, 5.74) is 0. The third-order valence-corrected chi connectivity index (χ3v) is 1.54. The Kier molecular flexibility index (Phi) is 6.59. The zero-order valence-electron chi connectivity index (χ0n) is 9.00. The zero-order chi connectivity index (χ0) is 10.3. The second-order valence-corrected chi connectivity index (χ2v) is 3.47. The van der Waals surface area contributed by atoms with Crippen LogP contribution >= 0.6 is 0 Å². The van der Waals surface area contributed by atoms with Crippen LogP contribution in [0.2, 0.25) is 0 Å². The van der Waals surface area contributed by atoms with Gasteiger partial charge in [0.15, 0.2) is 0 Å². The maximum Gasteiger partial charge on any atom is 0.308 e. The summed E-state index contributed by atoms with van der Waals surface area (Å²) in [5.74, 6) is -0.217. The molecule has 0 aromatic rings. The van der Waals surface area contributed by atoms with E-state index in [-0.39, 0.29) is 18.0 Å². The molecule has 0 rings (SSSR count). The highest BCUT2D eigenvalue weighted by Crippen LogP contribution is 1.99. The average Bonchev–Trinajstić information content (AvgIpc) is 2.10. The summed E-state index contributed by atoms with van der Waals surface area (Å²) in [7, 11) is 0. The Balaban J connectivity index is 3.46. The first-order valence-corrected chi connectivity index (χ1v) is 4.86. The van der Waals surface area contributed by atoms with Gasteiger partial charge in [-0.1, -0.05) is 20.8 Å². The van der Waals surface area contributed by atoms with Gasteiger partial charge in [-0.25, -0.2) is 0 Å². The number of carbonyl (C=O) groups is 1. The van der Waals surface area contributed by atoms with Crippen LogP contribution in [0.15, 0.2) is 0 Å². The van der Waals surface area contributed by atoms with E-state index in [1.165, 1.54) is 0 Å². The van der Waals surface area contributed by atoms with E-state index in [2.05, 4.69) is 0 Å². The SMILES string of the molecule is CCCOC(C)COC(=O)C(C)C.